The van der Waals surface area contributed by atoms with Crippen molar-refractivity contribution in [1.82, 2.24) is 0 Å². The molecule has 0 heterocycles. The van der Waals surface area contributed by atoms with Gasteiger partial charge in [-0.25, -0.2) is 0 Å². The number of hydrogen-bond donors (Lipinski definition) is 0. The third-order valence-electron chi connectivity index (χ3n) is 3.74. The van der Waals surface area contributed by atoms with Gasteiger partial charge in [-0.05, 0) is 6.42 Å². The van der Waals surface area contributed by atoms with E-state index >= 15 is 0 Å². The second-order valence-electron chi connectivity index (χ2n) is 5.64. The Bertz CT molecular complexity index is 123. The number of alkyl halides is 1. The van der Waals surface area contributed by atoms with Crippen molar-refractivity contribution in [3.63, 3.8) is 0 Å². The van der Waals surface area contributed by atoms with Gasteiger partial charge in [0.15, 0.2) is 0 Å². The van der Waals surface area contributed by atoms with Crippen LogP contribution < -0.4 is 0 Å². The van der Waals surface area contributed by atoms with Crippen LogP contribution in [0.2, 0.25) is 0 Å². The number of hydrogen-bond acceptors (Lipinski definition) is 0. The lowest BCUT2D eigenvalue weighted by Gasteiger charge is -2.02. The quantitative estimate of drug-likeness (QED) is 0.173. The molecule has 0 N–H and O–H groups in total. The standard InChI is InChI=1S/C17H35Br.Mg/c1-2-3-4-5-6-7-8-9-10-11-12-13-14-15-16-17-18;/h2-17H2,1H3;. The van der Waals surface area contributed by atoms with Crippen molar-refractivity contribution in [2.75, 3.05) is 5.33 Å². The topological polar surface area (TPSA) is 0 Å². The minimum Gasteiger partial charge on any atom is -0.0928 e. The molecule has 0 bridgehead atoms. The first-order valence-electron chi connectivity index (χ1n) is 8.47. The zero-order chi connectivity index (χ0) is 13.3. The van der Waals surface area contributed by atoms with Crippen LogP contribution in [0.5, 0.6) is 0 Å². The van der Waals surface area contributed by atoms with Gasteiger partial charge in [0.1, 0.15) is 0 Å². The fourth-order valence-corrected chi connectivity index (χ4v) is 2.86. The molecule has 0 atom stereocenters. The van der Waals surface area contributed by atoms with Gasteiger partial charge in [0.2, 0.25) is 0 Å². The van der Waals surface area contributed by atoms with Crippen molar-refractivity contribution in [2.24, 2.45) is 0 Å². The van der Waals surface area contributed by atoms with Crippen LogP contribution in [0.25, 0.3) is 0 Å². The molecule has 0 fully saturated rings. The SMILES string of the molecule is CCCCCCCCCCCCCCCCCBr.[Mg]. The summed E-state index contributed by atoms with van der Waals surface area (Å²) in [4.78, 5) is 0. The molecule has 0 nitrogen and oxygen atoms in total. The summed E-state index contributed by atoms with van der Waals surface area (Å²) in [5.41, 5.74) is 0. The molecule has 0 saturated carbocycles. The summed E-state index contributed by atoms with van der Waals surface area (Å²) in [5, 5.41) is 1.19. The van der Waals surface area contributed by atoms with Gasteiger partial charge in [0.05, 0.1) is 0 Å². The Morgan fingerprint density at radius 1 is 0.474 bits per heavy atom. The van der Waals surface area contributed by atoms with Crippen molar-refractivity contribution in [3.05, 3.63) is 0 Å². The van der Waals surface area contributed by atoms with Gasteiger partial charge >= 0.3 is 0 Å². The van der Waals surface area contributed by atoms with Gasteiger partial charge in [0.25, 0.3) is 0 Å². The van der Waals surface area contributed by atoms with E-state index in [1.54, 1.807) is 0 Å². The van der Waals surface area contributed by atoms with Crippen molar-refractivity contribution in [2.45, 2.75) is 103 Å². The molecule has 0 spiro atoms. The molecule has 0 saturated heterocycles. The third-order valence-corrected chi connectivity index (χ3v) is 4.30. The Kier molecular flexibility index (Phi) is 25.5. The minimum absolute atomic E-state index is 0. The van der Waals surface area contributed by atoms with E-state index in [2.05, 4.69) is 22.9 Å². The van der Waals surface area contributed by atoms with Gasteiger partial charge in [-0.3, -0.25) is 0 Å². The maximum absolute atomic E-state index is 3.49. The second-order valence-corrected chi connectivity index (χ2v) is 6.43. The Morgan fingerprint density at radius 2 is 0.737 bits per heavy atom. The van der Waals surface area contributed by atoms with Crippen LogP contribution in [0.15, 0.2) is 0 Å². The van der Waals surface area contributed by atoms with Gasteiger partial charge in [0, 0.05) is 28.4 Å². The highest BCUT2D eigenvalue weighted by atomic mass is 79.9. The molecule has 2 heteroatoms. The molecular weight excluding hydrogens is 308 g/mol. The predicted molar refractivity (Wildman–Crippen MR) is 94.5 cm³/mol. The van der Waals surface area contributed by atoms with E-state index in [0.717, 1.165) is 0 Å². The number of unbranched alkanes of at least 4 members (excludes halogenated alkanes) is 14. The van der Waals surface area contributed by atoms with Crippen LogP contribution in [-0.2, 0) is 0 Å². The molecule has 112 valence electrons. The first-order chi connectivity index (χ1) is 8.91. The maximum atomic E-state index is 3.49. The molecule has 2 radical (unpaired) electrons. The van der Waals surface area contributed by atoms with Crippen molar-refractivity contribution in [1.29, 1.82) is 0 Å². The minimum atomic E-state index is 0. The third kappa shape index (κ3) is 21.7. The number of halogens is 1. The van der Waals surface area contributed by atoms with Gasteiger partial charge in [-0.2, -0.15) is 0 Å². The van der Waals surface area contributed by atoms with Crippen molar-refractivity contribution in [3.8, 4) is 0 Å². The van der Waals surface area contributed by atoms with Crippen LogP contribution in [-0.4, -0.2) is 28.4 Å². The second kappa shape index (κ2) is 21.5. The van der Waals surface area contributed by atoms with E-state index in [4.69, 9.17) is 0 Å². The van der Waals surface area contributed by atoms with Crippen LogP contribution in [0.4, 0.5) is 0 Å². The van der Waals surface area contributed by atoms with Crippen molar-refractivity contribution < 1.29 is 0 Å². The lowest BCUT2D eigenvalue weighted by atomic mass is 10.0. The normalized spacial score (nSPS) is 10.4. The summed E-state index contributed by atoms with van der Waals surface area (Å²) < 4.78 is 0. The average Bonchev–Trinajstić information content (AvgIpc) is 2.39. The van der Waals surface area contributed by atoms with Crippen LogP contribution in [0.3, 0.4) is 0 Å². The summed E-state index contributed by atoms with van der Waals surface area (Å²) >= 11 is 3.49. The summed E-state index contributed by atoms with van der Waals surface area (Å²) in [6, 6.07) is 0. The van der Waals surface area contributed by atoms with E-state index in [-0.39, 0.29) is 23.1 Å². The monoisotopic (exact) mass is 342 g/mol. The lowest BCUT2D eigenvalue weighted by Crippen LogP contribution is -1.83. The highest BCUT2D eigenvalue weighted by molar-refractivity contribution is 9.09. The molecule has 0 aliphatic rings. The van der Waals surface area contributed by atoms with E-state index in [0.29, 0.717) is 0 Å². The fraction of sp³-hybridized carbons (Fsp3) is 1.00. The number of rotatable bonds is 15. The van der Waals surface area contributed by atoms with E-state index in [9.17, 15) is 0 Å². The highest BCUT2D eigenvalue weighted by Crippen LogP contribution is 2.13. The molecule has 0 aromatic heterocycles. The molecule has 0 aromatic rings. The van der Waals surface area contributed by atoms with Crippen LogP contribution in [0, 0.1) is 0 Å². The highest BCUT2D eigenvalue weighted by Gasteiger charge is 1.93. The lowest BCUT2D eigenvalue weighted by molar-refractivity contribution is 0.535. The summed E-state index contributed by atoms with van der Waals surface area (Å²) in [7, 11) is 0. The summed E-state index contributed by atoms with van der Waals surface area (Å²) in [6.45, 7) is 2.29. The zero-order valence-electron chi connectivity index (χ0n) is 13.4. The molecule has 0 rings (SSSR count). The van der Waals surface area contributed by atoms with Gasteiger partial charge in [-0.15, -0.1) is 0 Å². The predicted octanol–water partition coefficient (Wildman–Crippen LogP) is 6.87. The van der Waals surface area contributed by atoms with Gasteiger partial charge in [-0.1, -0.05) is 113 Å². The smallest absolute Gasteiger partial charge is 0.00313 e. The molecular formula is C17H35BrMg. The first kappa shape index (κ1) is 22.5. The molecule has 0 aliphatic heterocycles. The average molecular weight is 344 g/mol. The van der Waals surface area contributed by atoms with Crippen LogP contribution >= 0.6 is 15.9 Å². The van der Waals surface area contributed by atoms with Crippen molar-refractivity contribution >= 4 is 39.0 Å². The molecule has 0 aromatic carbocycles. The van der Waals surface area contributed by atoms with E-state index in [1.165, 1.54) is 102 Å². The largest absolute Gasteiger partial charge is 0.0928 e. The van der Waals surface area contributed by atoms with Gasteiger partial charge < -0.3 is 0 Å². The van der Waals surface area contributed by atoms with E-state index < -0.39 is 0 Å². The maximum Gasteiger partial charge on any atom is 0.00313 e. The Hall–Kier alpha value is 1.25. The molecule has 19 heavy (non-hydrogen) atoms. The molecule has 0 amide bonds. The van der Waals surface area contributed by atoms with Crippen LogP contribution in [0.1, 0.15) is 103 Å². The summed E-state index contributed by atoms with van der Waals surface area (Å²) in [5.74, 6) is 0. The zero-order valence-corrected chi connectivity index (χ0v) is 16.4. The molecule has 0 unspecified atom stereocenters. The summed E-state index contributed by atoms with van der Waals surface area (Å²) in [6.07, 6.45) is 21.8. The molecule has 0 aliphatic carbocycles. The first-order valence-corrected chi connectivity index (χ1v) is 9.60. The van der Waals surface area contributed by atoms with E-state index in [1.807, 2.05) is 0 Å². The Labute approximate surface area is 147 Å². The fourth-order valence-electron chi connectivity index (χ4n) is 2.47. The Balaban J connectivity index is 0. The Morgan fingerprint density at radius 3 is 1.00 bits per heavy atom.